The minimum Gasteiger partial charge on any atom is -0.465 e. The van der Waals surface area contributed by atoms with E-state index in [0.29, 0.717) is 39.1 Å². The van der Waals surface area contributed by atoms with Crippen LogP contribution in [-0.2, 0) is 23.8 Å². The van der Waals surface area contributed by atoms with E-state index < -0.39 is 5.79 Å². The number of ether oxygens (including phenoxy) is 3. The molecule has 2 unspecified atom stereocenters. The SMILES string of the molecule is CC/C=C\C/C=C\C/C=C\CCCCCCCCC(CCCCCCC/C=C\C/C=C\C/C=C\CC)C(=O)OCCC1COC2(CN(C(=O)CCCN(C)CCN(C)C)C2)O1. The topological polar surface area (TPSA) is 71.6 Å². The largest absolute Gasteiger partial charge is 0.465 e. The van der Waals surface area contributed by atoms with E-state index in [2.05, 4.69) is 118 Å². The van der Waals surface area contributed by atoms with Crippen LogP contribution in [0.2, 0.25) is 0 Å². The first kappa shape index (κ1) is 54.4. The van der Waals surface area contributed by atoms with Gasteiger partial charge in [-0.15, -0.1) is 0 Å². The number of hydrogen-bond acceptors (Lipinski definition) is 7. The van der Waals surface area contributed by atoms with Gasteiger partial charge in [-0.1, -0.05) is 145 Å². The van der Waals surface area contributed by atoms with Gasteiger partial charge in [-0.2, -0.15) is 0 Å². The molecule has 1 spiro atoms. The van der Waals surface area contributed by atoms with E-state index >= 15 is 0 Å². The molecule has 2 heterocycles. The maximum Gasteiger partial charge on any atom is 0.308 e. The van der Waals surface area contributed by atoms with Crippen LogP contribution in [0.5, 0.6) is 0 Å². The second-order valence-electron chi connectivity index (χ2n) is 17.7. The standard InChI is InChI=1S/C53H91N3O5/c1-6-8-10-12-14-16-18-20-22-24-26-28-30-32-34-36-39-49(38-35-33-31-29-27-25-23-21-19-17-15-13-11-9-7-2)52(58)59-45-41-50-46-60-53(61-50)47-56(48-53)51(57)40-37-42-55(5)44-43-54(3)4/h8-11,14-17,20-23,49-50H,6-7,12-13,18-19,24-48H2,1-5H3/b10-8-,11-9-,16-14-,17-15-,22-20-,23-21-. The van der Waals surface area contributed by atoms with E-state index in [1.54, 1.807) is 0 Å². The molecule has 2 fully saturated rings. The molecule has 8 heteroatoms. The molecule has 61 heavy (non-hydrogen) atoms. The summed E-state index contributed by atoms with van der Waals surface area (Å²) in [5.74, 6) is -0.584. The molecule has 0 radical (unpaired) electrons. The van der Waals surface area contributed by atoms with Gasteiger partial charge in [0.1, 0.15) is 0 Å². The maximum atomic E-state index is 13.4. The number of likely N-dealkylation sites (tertiary alicyclic amines) is 1. The average molecular weight is 850 g/mol. The predicted molar refractivity (Wildman–Crippen MR) is 258 cm³/mol. The Morgan fingerprint density at radius 1 is 0.639 bits per heavy atom. The fourth-order valence-corrected chi connectivity index (χ4v) is 7.76. The minimum absolute atomic E-state index is 0.0265. The van der Waals surface area contributed by atoms with E-state index in [9.17, 15) is 9.59 Å². The highest BCUT2D eigenvalue weighted by molar-refractivity contribution is 5.77. The summed E-state index contributed by atoms with van der Waals surface area (Å²) in [6.45, 7) is 9.06. The molecule has 0 bridgehead atoms. The third-order valence-electron chi connectivity index (χ3n) is 11.7. The lowest BCUT2D eigenvalue weighted by Crippen LogP contribution is -2.64. The van der Waals surface area contributed by atoms with Crippen LogP contribution in [0.1, 0.15) is 168 Å². The lowest BCUT2D eigenvalue weighted by atomic mass is 9.94. The molecular weight excluding hydrogens is 759 g/mol. The van der Waals surface area contributed by atoms with Gasteiger partial charge in [0.25, 0.3) is 0 Å². The summed E-state index contributed by atoms with van der Waals surface area (Å²) < 4.78 is 18.3. The van der Waals surface area contributed by atoms with Gasteiger partial charge in [-0.05, 0) is 111 Å². The average Bonchev–Trinajstić information content (AvgIpc) is 3.67. The Kier molecular flexibility index (Phi) is 32.7. The summed E-state index contributed by atoms with van der Waals surface area (Å²) in [4.78, 5) is 32.5. The number of carbonyl (C=O) groups is 2. The summed E-state index contributed by atoms with van der Waals surface area (Å²) in [7, 11) is 6.27. The van der Waals surface area contributed by atoms with Crippen LogP contribution in [0.25, 0.3) is 0 Å². The van der Waals surface area contributed by atoms with Gasteiger partial charge >= 0.3 is 5.97 Å². The van der Waals surface area contributed by atoms with Crippen molar-refractivity contribution in [2.45, 2.75) is 180 Å². The molecule has 0 aromatic carbocycles. The quantitative estimate of drug-likeness (QED) is 0.0348. The van der Waals surface area contributed by atoms with Gasteiger partial charge in [0.2, 0.25) is 11.7 Å². The number of carbonyl (C=O) groups excluding carboxylic acids is 2. The Hall–Kier alpha value is -2.78. The highest BCUT2D eigenvalue weighted by Crippen LogP contribution is 2.34. The molecule has 0 aromatic rings. The Morgan fingerprint density at radius 2 is 1.13 bits per heavy atom. The van der Waals surface area contributed by atoms with Gasteiger partial charge in [0.05, 0.1) is 38.3 Å². The fourth-order valence-electron chi connectivity index (χ4n) is 7.76. The van der Waals surface area contributed by atoms with Crippen molar-refractivity contribution in [1.29, 1.82) is 0 Å². The van der Waals surface area contributed by atoms with Crippen molar-refractivity contribution in [2.75, 3.05) is 67.1 Å². The normalized spacial score (nSPS) is 17.4. The summed E-state index contributed by atoms with van der Waals surface area (Å²) in [5.41, 5.74) is 0. The lowest BCUT2D eigenvalue weighted by Gasteiger charge is -2.46. The van der Waals surface area contributed by atoms with Crippen LogP contribution in [0.4, 0.5) is 0 Å². The number of unbranched alkanes of at least 4 members (excludes halogenated alkanes) is 11. The second-order valence-corrected chi connectivity index (χ2v) is 17.7. The number of esters is 1. The zero-order valence-corrected chi connectivity index (χ0v) is 39.9. The second kappa shape index (κ2) is 36.7. The van der Waals surface area contributed by atoms with Crippen LogP contribution < -0.4 is 0 Å². The Balaban J connectivity index is 1.66. The van der Waals surface area contributed by atoms with E-state index in [0.717, 1.165) is 103 Å². The Bertz CT molecular complexity index is 1280. The molecule has 0 aliphatic carbocycles. The van der Waals surface area contributed by atoms with E-state index in [1.165, 1.54) is 57.8 Å². The molecule has 2 atom stereocenters. The summed E-state index contributed by atoms with van der Waals surface area (Å²) >= 11 is 0. The minimum atomic E-state index is -0.686. The number of amides is 1. The molecule has 2 aliphatic rings. The third kappa shape index (κ3) is 28.5. The van der Waals surface area contributed by atoms with Crippen LogP contribution in [-0.4, -0.2) is 106 Å². The number of allylic oxidation sites excluding steroid dienone is 12. The number of nitrogens with zero attached hydrogens (tertiary/aromatic N) is 3. The maximum absolute atomic E-state index is 13.4. The van der Waals surface area contributed by atoms with Crippen LogP contribution in [0.3, 0.4) is 0 Å². The first-order valence-corrected chi connectivity index (χ1v) is 24.8. The molecule has 2 aliphatic heterocycles. The van der Waals surface area contributed by atoms with E-state index in [4.69, 9.17) is 14.2 Å². The predicted octanol–water partition coefficient (Wildman–Crippen LogP) is 12.3. The zero-order chi connectivity index (χ0) is 44.1. The molecule has 1 amide bonds. The molecule has 348 valence electrons. The molecular formula is C53H91N3O5. The van der Waals surface area contributed by atoms with Gasteiger partial charge in [-0.25, -0.2) is 0 Å². The number of rotatable bonds is 38. The highest BCUT2D eigenvalue weighted by Gasteiger charge is 2.52. The monoisotopic (exact) mass is 850 g/mol. The van der Waals surface area contributed by atoms with Crippen molar-refractivity contribution < 1.29 is 23.8 Å². The van der Waals surface area contributed by atoms with Gasteiger partial charge in [0, 0.05) is 25.9 Å². The lowest BCUT2D eigenvalue weighted by molar-refractivity contribution is -0.244. The summed E-state index contributed by atoms with van der Waals surface area (Å²) in [6, 6.07) is 0. The van der Waals surface area contributed by atoms with Crippen LogP contribution >= 0.6 is 0 Å². The highest BCUT2D eigenvalue weighted by atomic mass is 16.8. The number of hydrogen-bond donors (Lipinski definition) is 0. The van der Waals surface area contributed by atoms with Crippen molar-refractivity contribution in [3.05, 3.63) is 72.9 Å². The van der Waals surface area contributed by atoms with E-state index in [1.807, 2.05) is 4.90 Å². The van der Waals surface area contributed by atoms with Crippen molar-refractivity contribution >= 4 is 11.9 Å². The molecule has 0 aromatic heterocycles. The first-order valence-electron chi connectivity index (χ1n) is 24.8. The molecule has 2 rings (SSSR count). The third-order valence-corrected chi connectivity index (χ3v) is 11.7. The first-order chi connectivity index (χ1) is 29.8. The van der Waals surface area contributed by atoms with Gasteiger partial charge in [0.15, 0.2) is 0 Å². The van der Waals surface area contributed by atoms with Crippen molar-refractivity contribution in [2.24, 2.45) is 5.92 Å². The molecule has 0 saturated carbocycles. The van der Waals surface area contributed by atoms with Crippen LogP contribution in [0.15, 0.2) is 72.9 Å². The Labute approximate surface area is 375 Å². The van der Waals surface area contributed by atoms with Gasteiger partial charge < -0.3 is 28.9 Å². The number of likely N-dealkylation sites (N-methyl/N-ethyl adjacent to an activating group) is 2. The van der Waals surface area contributed by atoms with Crippen molar-refractivity contribution in [3.63, 3.8) is 0 Å². The summed E-state index contributed by atoms with van der Waals surface area (Å²) in [6.07, 6.45) is 52.7. The zero-order valence-electron chi connectivity index (χ0n) is 39.9. The smallest absolute Gasteiger partial charge is 0.308 e. The van der Waals surface area contributed by atoms with Gasteiger partial charge in [-0.3, -0.25) is 9.59 Å². The summed E-state index contributed by atoms with van der Waals surface area (Å²) in [5, 5.41) is 0. The van der Waals surface area contributed by atoms with Crippen molar-refractivity contribution in [1.82, 2.24) is 14.7 Å². The molecule has 8 nitrogen and oxygen atoms in total. The van der Waals surface area contributed by atoms with Crippen LogP contribution in [0, 0.1) is 5.92 Å². The van der Waals surface area contributed by atoms with E-state index in [-0.39, 0.29) is 23.9 Å². The molecule has 2 saturated heterocycles. The van der Waals surface area contributed by atoms with Crippen molar-refractivity contribution in [3.8, 4) is 0 Å². The molecule has 0 N–H and O–H groups in total. The Morgan fingerprint density at radius 3 is 1.66 bits per heavy atom. The fraction of sp³-hybridized carbons (Fsp3) is 0.736.